The van der Waals surface area contributed by atoms with Gasteiger partial charge in [-0.1, -0.05) is 41.9 Å². The van der Waals surface area contributed by atoms with Crippen LogP contribution in [0.1, 0.15) is 58.9 Å². The van der Waals surface area contributed by atoms with Gasteiger partial charge in [0.05, 0.1) is 12.1 Å². The molecule has 1 aromatic rings. The van der Waals surface area contributed by atoms with Crippen molar-refractivity contribution in [1.82, 2.24) is 9.80 Å². The summed E-state index contributed by atoms with van der Waals surface area (Å²) in [5.41, 5.74) is 1.10. The van der Waals surface area contributed by atoms with Crippen LogP contribution in [0.25, 0.3) is 0 Å². The zero-order chi connectivity index (χ0) is 19.3. The predicted molar refractivity (Wildman–Crippen MR) is 110 cm³/mol. The van der Waals surface area contributed by atoms with Crippen LogP contribution < -0.4 is 0 Å². The van der Waals surface area contributed by atoms with Crippen molar-refractivity contribution in [3.05, 3.63) is 34.3 Å². The SMILES string of the molecule is CCC(C)N(C[C@H](O)[C@@H]1CCC(=O)N1Cc1ccc(Br)cc1)C(C)CC. The first-order valence-corrected chi connectivity index (χ1v) is 10.6. The molecule has 1 fully saturated rings. The molecule has 0 saturated carbocycles. The summed E-state index contributed by atoms with van der Waals surface area (Å²) < 4.78 is 1.03. The van der Waals surface area contributed by atoms with E-state index in [0.29, 0.717) is 31.6 Å². The number of rotatable bonds is 9. The Labute approximate surface area is 166 Å². The quantitative estimate of drug-likeness (QED) is 0.645. The van der Waals surface area contributed by atoms with Crippen LogP contribution in [0.2, 0.25) is 0 Å². The van der Waals surface area contributed by atoms with E-state index in [9.17, 15) is 9.90 Å². The van der Waals surface area contributed by atoms with Gasteiger partial charge in [-0.3, -0.25) is 9.69 Å². The molecule has 4 nitrogen and oxygen atoms in total. The lowest BCUT2D eigenvalue weighted by molar-refractivity contribution is -0.131. The summed E-state index contributed by atoms with van der Waals surface area (Å²) in [5, 5.41) is 11.0. The van der Waals surface area contributed by atoms with Gasteiger partial charge in [-0.05, 0) is 50.8 Å². The number of carbonyl (C=O) groups is 1. The Kier molecular flexibility index (Phi) is 8.11. The maximum atomic E-state index is 12.4. The number of likely N-dealkylation sites (tertiary alicyclic amines) is 1. The van der Waals surface area contributed by atoms with Crippen molar-refractivity contribution < 1.29 is 9.90 Å². The van der Waals surface area contributed by atoms with Crippen molar-refractivity contribution in [3.8, 4) is 0 Å². The molecule has 4 atom stereocenters. The molecule has 146 valence electrons. The first kappa shape index (κ1) is 21.4. The molecule has 1 aliphatic rings. The molecule has 0 aliphatic carbocycles. The van der Waals surface area contributed by atoms with E-state index in [4.69, 9.17) is 0 Å². The van der Waals surface area contributed by atoms with Crippen LogP contribution in [-0.2, 0) is 11.3 Å². The van der Waals surface area contributed by atoms with Crippen LogP contribution >= 0.6 is 15.9 Å². The van der Waals surface area contributed by atoms with E-state index in [2.05, 4.69) is 48.5 Å². The molecule has 2 unspecified atom stereocenters. The number of aliphatic hydroxyl groups excluding tert-OH is 1. The zero-order valence-electron chi connectivity index (χ0n) is 16.5. The number of amides is 1. The minimum atomic E-state index is -0.514. The Hall–Kier alpha value is -0.910. The number of aliphatic hydroxyl groups is 1. The lowest BCUT2D eigenvalue weighted by Crippen LogP contribution is -2.50. The van der Waals surface area contributed by atoms with Gasteiger partial charge in [0.2, 0.25) is 5.91 Å². The van der Waals surface area contributed by atoms with Crippen molar-refractivity contribution >= 4 is 21.8 Å². The average molecular weight is 425 g/mol. The first-order chi connectivity index (χ1) is 12.4. The molecular formula is C21H33BrN2O2. The van der Waals surface area contributed by atoms with Gasteiger partial charge in [0.15, 0.2) is 0 Å². The van der Waals surface area contributed by atoms with E-state index in [1.807, 2.05) is 29.2 Å². The summed E-state index contributed by atoms with van der Waals surface area (Å²) >= 11 is 3.45. The Bertz CT molecular complexity index is 568. The number of benzene rings is 1. The molecule has 0 spiro atoms. The minimum absolute atomic E-state index is 0.0956. The molecule has 1 saturated heterocycles. The van der Waals surface area contributed by atoms with Crippen molar-refractivity contribution in [3.63, 3.8) is 0 Å². The highest BCUT2D eigenvalue weighted by Crippen LogP contribution is 2.26. The smallest absolute Gasteiger partial charge is 0.223 e. The Morgan fingerprint density at radius 1 is 1.19 bits per heavy atom. The van der Waals surface area contributed by atoms with Crippen molar-refractivity contribution in [1.29, 1.82) is 0 Å². The highest BCUT2D eigenvalue weighted by molar-refractivity contribution is 9.10. The third-order valence-electron chi connectivity index (χ3n) is 5.80. The predicted octanol–water partition coefficient (Wildman–Crippen LogP) is 4.20. The van der Waals surface area contributed by atoms with Crippen LogP contribution in [0, 0.1) is 0 Å². The second kappa shape index (κ2) is 9.86. The highest BCUT2D eigenvalue weighted by Gasteiger charge is 2.37. The molecule has 1 aromatic carbocycles. The fourth-order valence-electron chi connectivity index (χ4n) is 3.75. The largest absolute Gasteiger partial charge is 0.390 e. The summed E-state index contributed by atoms with van der Waals surface area (Å²) in [5.74, 6) is 0.149. The maximum absolute atomic E-state index is 12.4. The summed E-state index contributed by atoms with van der Waals surface area (Å²) in [6.45, 7) is 10.0. The van der Waals surface area contributed by atoms with E-state index in [1.54, 1.807) is 0 Å². The number of nitrogens with zero attached hydrogens (tertiary/aromatic N) is 2. The van der Waals surface area contributed by atoms with E-state index in [1.165, 1.54) is 0 Å². The van der Waals surface area contributed by atoms with Crippen molar-refractivity contribution in [2.45, 2.75) is 84.2 Å². The average Bonchev–Trinajstić information content (AvgIpc) is 3.00. The molecule has 0 radical (unpaired) electrons. The monoisotopic (exact) mass is 424 g/mol. The number of hydrogen-bond acceptors (Lipinski definition) is 3. The van der Waals surface area contributed by atoms with Crippen LogP contribution in [-0.4, -0.2) is 51.6 Å². The van der Waals surface area contributed by atoms with Gasteiger partial charge in [-0.15, -0.1) is 0 Å². The molecule has 1 N–H and O–H groups in total. The van der Waals surface area contributed by atoms with Crippen LogP contribution in [0.5, 0.6) is 0 Å². The topological polar surface area (TPSA) is 43.8 Å². The molecule has 5 heteroatoms. The van der Waals surface area contributed by atoms with Crippen molar-refractivity contribution in [2.24, 2.45) is 0 Å². The van der Waals surface area contributed by atoms with Gasteiger partial charge < -0.3 is 10.0 Å². The van der Waals surface area contributed by atoms with Gasteiger partial charge in [0.25, 0.3) is 0 Å². The summed E-state index contributed by atoms with van der Waals surface area (Å²) in [6, 6.07) is 8.81. The Morgan fingerprint density at radius 2 is 1.77 bits per heavy atom. The highest BCUT2D eigenvalue weighted by atomic mass is 79.9. The summed E-state index contributed by atoms with van der Waals surface area (Å²) in [6.07, 6.45) is 2.88. The first-order valence-electron chi connectivity index (χ1n) is 9.85. The fraction of sp³-hybridized carbons (Fsp3) is 0.667. The van der Waals surface area contributed by atoms with Crippen LogP contribution in [0.15, 0.2) is 28.7 Å². The van der Waals surface area contributed by atoms with Gasteiger partial charge >= 0.3 is 0 Å². The van der Waals surface area contributed by atoms with Crippen LogP contribution in [0.3, 0.4) is 0 Å². The number of hydrogen-bond donors (Lipinski definition) is 1. The third-order valence-corrected chi connectivity index (χ3v) is 6.33. The number of carbonyl (C=O) groups excluding carboxylic acids is 1. The Morgan fingerprint density at radius 3 is 2.31 bits per heavy atom. The second-order valence-electron chi connectivity index (χ2n) is 7.53. The summed E-state index contributed by atoms with van der Waals surface area (Å²) in [4.78, 5) is 16.7. The van der Waals surface area contributed by atoms with Crippen LogP contribution in [0.4, 0.5) is 0 Å². The maximum Gasteiger partial charge on any atom is 0.223 e. The zero-order valence-corrected chi connectivity index (χ0v) is 18.1. The van der Waals surface area contributed by atoms with Gasteiger partial charge in [0, 0.05) is 36.1 Å². The number of halogens is 1. The van der Waals surface area contributed by atoms with Crippen molar-refractivity contribution in [2.75, 3.05) is 6.54 Å². The lowest BCUT2D eigenvalue weighted by atomic mass is 10.0. The molecule has 0 bridgehead atoms. The normalized spacial score (nSPS) is 21.3. The third kappa shape index (κ3) is 5.30. The van der Waals surface area contributed by atoms with Gasteiger partial charge in [0.1, 0.15) is 0 Å². The Balaban J connectivity index is 2.08. The summed E-state index contributed by atoms with van der Waals surface area (Å²) in [7, 11) is 0. The molecule has 2 rings (SSSR count). The van der Waals surface area contributed by atoms with Gasteiger partial charge in [-0.2, -0.15) is 0 Å². The second-order valence-corrected chi connectivity index (χ2v) is 8.45. The van der Waals surface area contributed by atoms with E-state index < -0.39 is 6.10 Å². The molecule has 26 heavy (non-hydrogen) atoms. The molecule has 0 aromatic heterocycles. The molecular weight excluding hydrogens is 392 g/mol. The minimum Gasteiger partial charge on any atom is -0.390 e. The van der Waals surface area contributed by atoms with E-state index in [0.717, 1.165) is 29.3 Å². The fourth-order valence-corrected chi connectivity index (χ4v) is 4.01. The van der Waals surface area contributed by atoms with Gasteiger partial charge in [-0.25, -0.2) is 0 Å². The molecule has 1 heterocycles. The van der Waals surface area contributed by atoms with E-state index >= 15 is 0 Å². The lowest BCUT2D eigenvalue weighted by Gasteiger charge is -2.38. The van der Waals surface area contributed by atoms with E-state index in [-0.39, 0.29) is 11.9 Å². The molecule has 1 aliphatic heterocycles. The molecule has 1 amide bonds. The standard InChI is InChI=1S/C21H33BrN2O2/c1-5-15(3)23(16(4)6-2)14-20(25)19-11-12-21(26)24(19)13-17-7-9-18(22)10-8-17/h7-10,15-16,19-20,25H,5-6,11-14H2,1-4H3/t15?,16?,19-,20-/m0/s1.